The van der Waals surface area contributed by atoms with Gasteiger partial charge in [0.1, 0.15) is 19.5 Å². The fourth-order valence-corrected chi connectivity index (χ4v) is 6.92. The predicted molar refractivity (Wildman–Crippen MR) is 187 cm³/mol. The van der Waals surface area contributed by atoms with Crippen molar-refractivity contribution < 1.29 is 28.5 Å². The molecule has 0 radical (unpaired) electrons. The monoisotopic (exact) mass is 666 g/mol. The molecule has 4 aliphatic heterocycles. The molecule has 4 aliphatic rings. The Labute approximate surface area is 288 Å². The molecule has 2 fully saturated rings. The number of hydrogen-bond donors (Lipinski definition) is 1. The number of carbonyl (C=O) groups excluding carboxylic acids is 2. The summed E-state index contributed by atoms with van der Waals surface area (Å²) in [6, 6.07) is 24.8. The third-order valence-electron chi connectivity index (χ3n) is 9.21. The van der Waals surface area contributed by atoms with Crippen LogP contribution in [0.3, 0.4) is 0 Å². The number of nitrogens with zero attached hydrogens (tertiary/aromatic N) is 3. The maximum Gasteiger partial charge on any atom is 0.257 e. The van der Waals surface area contributed by atoms with Gasteiger partial charge in [0.05, 0.1) is 0 Å². The lowest BCUT2D eigenvalue weighted by atomic mass is 9.96. The van der Waals surface area contributed by atoms with Gasteiger partial charge in [0.15, 0.2) is 23.7 Å². The maximum absolute atomic E-state index is 11.4. The van der Waals surface area contributed by atoms with Gasteiger partial charge in [-0.3, -0.25) is 14.5 Å². The van der Waals surface area contributed by atoms with Crippen LogP contribution in [0.15, 0.2) is 85.2 Å². The summed E-state index contributed by atoms with van der Waals surface area (Å²) in [6.07, 6.45) is 8.48. The SMILES string of the molecule is C.C.CC(=O)NC1C[C@H]2CC[C@@H](C1)N2Cc1ccc([C@H]2COc3cccnc3O2)cc1.O=Cc1ccc([C@H]2COc3cccnc3O2)cc1. The first-order chi connectivity index (χ1) is 23.0. The molecule has 2 aromatic heterocycles. The van der Waals surface area contributed by atoms with Gasteiger partial charge in [-0.1, -0.05) is 63.4 Å². The van der Waals surface area contributed by atoms with Crippen molar-refractivity contribution in [1.29, 1.82) is 0 Å². The van der Waals surface area contributed by atoms with Gasteiger partial charge in [-0.25, -0.2) is 9.97 Å². The largest absolute Gasteiger partial charge is 0.484 e. The van der Waals surface area contributed by atoms with E-state index in [9.17, 15) is 9.59 Å². The Bertz CT molecular complexity index is 1680. The second kappa shape index (κ2) is 16.0. The minimum absolute atomic E-state index is 0. The van der Waals surface area contributed by atoms with Crippen LogP contribution in [0.1, 0.15) is 86.7 Å². The molecular formula is C39H46N4O6. The number of rotatable bonds is 6. The van der Waals surface area contributed by atoms with Gasteiger partial charge in [-0.2, -0.15) is 0 Å². The number of fused-ring (bicyclic) bond motifs is 4. The summed E-state index contributed by atoms with van der Waals surface area (Å²) in [5.74, 6) is 2.53. The summed E-state index contributed by atoms with van der Waals surface area (Å²) < 4.78 is 23.2. The zero-order valence-electron chi connectivity index (χ0n) is 26.3. The topological polar surface area (TPSA) is 112 Å². The summed E-state index contributed by atoms with van der Waals surface area (Å²) in [5.41, 5.74) is 4.04. The fraction of sp³-hybridized carbons (Fsp3) is 0.385. The molecule has 49 heavy (non-hydrogen) atoms. The number of benzene rings is 2. The van der Waals surface area contributed by atoms with E-state index in [0.29, 0.717) is 60.2 Å². The average Bonchev–Trinajstić information content (AvgIpc) is 3.34. The van der Waals surface area contributed by atoms with Gasteiger partial charge in [-0.05, 0) is 66.6 Å². The molecule has 1 amide bonds. The van der Waals surface area contributed by atoms with Crippen molar-refractivity contribution in [2.75, 3.05) is 13.2 Å². The van der Waals surface area contributed by atoms with Crippen molar-refractivity contribution in [3.8, 4) is 23.3 Å². The minimum atomic E-state index is -0.187. The zero-order chi connectivity index (χ0) is 32.2. The Hall–Kier alpha value is -4.96. The Kier molecular flexibility index (Phi) is 11.5. The van der Waals surface area contributed by atoms with Gasteiger partial charge >= 0.3 is 0 Å². The molecule has 258 valence electrons. The molecule has 8 rings (SSSR count). The van der Waals surface area contributed by atoms with Crippen LogP contribution in [-0.2, 0) is 11.3 Å². The highest BCUT2D eigenvalue weighted by Gasteiger charge is 2.40. The zero-order valence-corrected chi connectivity index (χ0v) is 26.3. The van der Waals surface area contributed by atoms with E-state index in [1.807, 2.05) is 30.3 Å². The van der Waals surface area contributed by atoms with Gasteiger partial charge in [0.2, 0.25) is 5.91 Å². The van der Waals surface area contributed by atoms with Gasteiger partial charge < -0.3 is 24.3 Å². The summed E-state index contributed by atoms with van der Waals surface area (Å²) in [7, 11) is 0. The van der Waals surface area contributed by atoms with Crippen molar-refractivity contribution >= 4 is 12.2 Å². The van der Waals surface area contributed by atoms with E-state index in [1.54, 1.807) is 37.5 Å². The number of ether oxygens (including phenoxy) is 4. The first kappa shape index (κ1) is 35.3. The van der Waals surface area contributed by atoms with Crippen LogP contribution in [0.5, 0.6) is 23.3 Å². The third kappa shape index (κ3) is 8.20. The smallest absolute Gasteiger partial charge is 0.257 e. The summed E-state index contributed by atoms with van der Waals surface area (Å²) >= 11 is 0. The van der Waals surface area contributed by atoms with Crippen LogP contribution in [0.2, 0.25) is 0 Å². The summed E-state index contributed by atoms with van der Waals surface area (Å²) in [4.78, 5) is 33.0. The van der Waals surface area contributed by atoms with Crippen molar-refractivity contribution in [1.82, 2.24) is 20.2 Å². The van der Waals surface area contributed by atoms with Crippen molar-refractivity contribution in [2.45, 2.75) is 84.3 Å². The van der Waals surface area contributed by atoms with E-state index in [0.717, 1.165) is 36.8 Å². The molecule has 2 aromatic carbocycles. The normalized spacial score (nSPS) is 23.0. The Balaban J connectivity index is 0.000000203. The van der Waals surface area contributed by atoms with Gasteiger partial charge in [0, 0.05) is 49.6 Å². The number of carbonyl (C=O) groups is 2. The number of aldehydes is 1. The summed E-state index contributed by atoms with van der Waals surface area (Å²) in [5, 5.41) is 3.12. The number of amides is 1. The van der Waals surface area contributed by atoms with E-state index in [2.05, 4.69) is 44.5 Å². The second-order valence-corrected chi connectivity index (χ2v) is 12.4. The molecule has 2 saturated heterocycles. The molecule has 4 aromatic rings. The number of nitrogens with one attached hydrogen (secondary N) is 1. The standard InChI is InChI=1S/C23H27N3O3.C14H11NO3.2CH4/c1-15(27)25-18-11-19-8-9-20(12-18)26(19)13-16-4-6-17(7-5-16)22-14-28-21-3-2-10-24-23(21)29-22;16-8-10-3-5-11(6-4-10)13-9-17-12-2-1-7-15-14(12)18-13;;/h2-7,10,18-20,22H,8-9,11-14H2,1H3,(H,25,27);1-8,13H,9H2;2*1H4/t18?,19-,20+,22-;13-;;/m11../s1. The van der Waals surface area contributed by atoms with E-state index in [1.165, 1.54) is 18.4 Å². The Morgan fingerprint density at radius 1 is 0.796 bits per heavy atom. The van der Waals surface area contributed by atoms with Crippen LogP contribution in [0.25, 0.3) is 0 Å². The van der Waals surface area contributed by atoms with E-state index in [4.69, 9.17) is 18.9 Å². The average molecular weight is 667 g/mol. The molecule has 0 aliphatic carbocycles. The molecular weight excluding hydrogens is 620 g/mol. The van der Waals surface area contributed by atoms with Crippen molar-refractivity contribution in [2.24, 2.45) is 0 Å². The lowest BCUT2D eigenvalue weighted by molar-refractivity contribution is -0.120. The number of pyridine rings is 2. The molecule has 5 atom stereocenters. The molecule has 6 heterocycles. The highest BCUT2D eigenvalue weighted by molar-refractivity contribution is 5.74. The molecule has 10 heteroatoms. The van der Waals surface area contributed by atoms with Crippen LogP contribution in [-0.4, -0.2) is 58.4 Å². The maximum atomic E-state index is 11.4. The van der Waals surface area contributed by atoms with E-state index in [-0.39, 0.29) is 33.0 Å². The first-order valence-electron chi connectivity index (χ1n) is 16.2. The van der Waals surface area contributed by atoms with E-state index < -0.39 is 0 Å². The van der Waals surface area contributed by atoms with Crippen molar-refractivity contribution in [3.63, 3.8) is 0 Å². The first-order valence-corrected chi connectivity index (χ1v) is 16.2. The highest BCUT2D eigenvalue weighted by Crippen LogP contribution is 2.38. The number of piperidine rings is 1. The fourth-order valence-electron chi connectivity index (χ4n) is 6.92. The van der Waals surface area contributed by atoms with Crippen molar-refractivity contribution in [3.05, 3.63) is 107 Å². The molecule has 0 saturated carbocycles. The molecule has 1 N–H and O–H groups in total. The third-order valence-corrected chi connectivity index (χ3v) is 9.21. The summed E-state index contributed by atoms with van der Waals surface area (Å²) in [6.45, 7) is 3.53. The van der Waals surface area contributed by atoms with Crippen LogP contribution in [0.4, 0.5) is 0 Å². The Morgan fingerprint density at radius 3 is 1.80 bits per heavy atom. The quantitative estimate of drug-likeness (QED) is 0.220. The predicted octanol–water partition coefficient (Wildman–Crippen LogP) is 6.90. The highest BCUT2D eigenvalue weighted by atomic mass is 16.6. The van der Waals surface area contributed by atoms with Gasteiger partial charge in [-0.15, -0.1) is 0 Å². The number of hydrogen-bond acceptors (Lipinski definition) is 9. The number of aromatic nitrogens is 2. The van der Waals surface area contributed by atoms with E-state index >= 15 is 0 Å². The molecule has 10 nitrogen and oxygen atoms in total. The van der Waals surface area contributed by atoms with Crippen LogP contribution in [0, 0.1) is 0 Å². The minimum Gasteiger partial charge on any atom is -0.484 e. The lowest BCUT2D eigenvalue weighted by Gasteiger charge is -2.39. The van der Waals surface area contributed by atoms with Crippen LogP contribution >= 0.6 is 0 Å². The molecule has 1 unspecified atom stereocenters. The second-order valence-electron chi connectivity index (χ2n) is 12.4. The van der Waals surface area contributed by atoms with Crippen LogP contribution < -0.4 is 24.3 Å². The molecule has 0 spiro atoms. The Morgan fingerprint density at radius 2 is 1.31 bits per heavy atom. The lowest BCUT2D eigenvalue weighted by Crippen LogP contribution is -2.49. The molecule has 2 bridgehead atoms. The van der Waals surface area contributed by atoms with Gasteiger partial charge in [0.25, 0.3) is 11.8 Å².